The molecule has 1 N–H and O–H groups in total. The molecule has 17 heavy (non-hydrogen) atoms. The Kier molecular flexibility index (Phi) is 4.27. The van der Waals surface area contributed by atoms with Crippen molar-refractivity contribution >= 4 is 10.0 Å². The van der Waals surface area contributed by atoms with Crippen LogP contribution >= 0.6 is 0 Å². The lowest BCUT2D eigenvalue weighted by Crippen LogP contribution is -2.21. The standard InChI is InChI=1S/C12H20N2O2S/c1-5-6-12(2,3)10-7-11(9-14-8-10)17(15,16)13-4/h7-9,13H,5-6H2,1-4H3. The molecule has 0 atom stereocenters. The highest BCUT2D eigenvalue weighted by atomic mass is 32.2. The van der Waals surface area contributed by atoms with Crippen molar-refractivity contribution in [2.24, 2.45) is 0 Å². The monoisotopic (exact) mass is 256 g/mol. The van der Waals surface area contributed by atoms with Gasteiger partial charge in [0.15, 0.2) is 0 Å². The summed E-state index contributed by atoms with van der Waals surface area (Å²) in [5.74, 6) is 0. The Labute approximate surface area is 104 Å². The molecule has 1 aromatic heterocycles. The Morgan fingerprint density at radius 2 is 2.00 bits per heavy atom. The fourth-order valence-electron chi connectivity index (χ4n) is 1.82. The number of hydrogen-bond donors (Lipinski definition) is 1. The van der Waals surface area contributed by atoms with Gasteiger partial charge in [-0.1, -0.05) is 27.2 Å². The highest BCUT2D eigenvalue weighted by Crippen LogP contribution is 2.28. The van der Waals surface area contributed by atoms with Crippen molar-refractivity contribution in [1.29, 1.82) is 0 Å². The molecule has 1 aromatic rings. The van der Waals surface area contributed by atoms with Crippen molar-refractivity contribution in [3.05, 3.63) is 24.0 Å². The Balaban J connectivity index is 3.19. The fourth-order valence-corrected chi connectivity index (χ4v) is 2.54. The molecule has 96 valence electrons. The molecular weight excluding hydrogens is 236 g/mol. The Hall–Kier alpha value is -0.940. The lowest BCUT2D eigenvalue weighted by molar-refractivity contribution is 0.470. The van der Waals surface area contributed by atoms with E-state index < -0.39 is 10.0 Å². The molecular formula is C12H20N2O2S. The van der Waals surface area contributed by atoms with Gasteiger partial charge in [0.05, 0.1) is 0 Å². The van der Waals surface area contributed by atoms with Gasteiger partial charge in [-0.3, -0.25) is 4.98 Å². The number of nitrogens with one attached hydrogen (secondary N) is 1. The van der Waals surface area contributed by atoms with Crippen LogP contribution in [0.15, 0.2) is 23.4 Å². The van der Waals surface area contributed by atoms with Crippen LogP contribution in [-0.4, -0.2) is 20.4 Å². The van der Waals surface area contributed by atoms with Crippen molar-refractivity contribution < 1.29 is 8.42 Å². The lowest BCUT2D eigenvalue weighted by Gasteiger charge is -2.24. The molecule has 1 heterocycles. The number of nitrogens with zero attached hydrogens (tertiary/aromatic N) is 1. The van der Waals surface area contributed by atoms with Gasteiger partial charge in [0, 0.05) is 12.4 Å². The summed E-state index contributed by atoms with van der Waals surface area (Å²) >= 11 is 0. The Morgan fingerprint density at radius 1 is 1.35 bits per heavy atom. The zero-order valence-electron chi connectivity index (χ0n) is 10.8. The minimum absolute atomic E-state index is 0.0545. The quantitative estimate of drug-likeness (QED) is 0.877. The highest BCUT2D eigenvalue weighted by molar-refractivity contribution is 7.89. The Bertz CT molecular complexity index is 481. The number of aromatic nitrogens is 1. The molecule has 0 radical (unpaired) electrons. The molecule has 5 heteroatoms. The molecule has 0 aliphatic heterocycles. The summed E-state index contributed by atoms with van der Waals surface area (Å²) in [6.45, 7) is 6.32. The van der Waals surface area contributed by atoms with Gasteiger partial charge in [0.2, 0.25) is 10.0 Å². The van der Waals surface area contributed by atoms with Crippen LogP contribution in [0.1, 0.15) is 39.2 Å². The normalized spacial score (nSPS) is 12.7. The molecule has 0 amide bonds. The van der Waals surface area contributed by atoms with E-state index >= 15 is 0 Å². The van der Waals surface area contributed by atoms with E-state index in [0.717, 1.165) is 18.4 Å². The van der Waals surface area contributed by atoms with Crippen LogP contribution in [0.4, 0.5) is 0 Å². The van der Waals surface area contributed by atoms with E-state index in [1.54, 1.807) is 12.3 Å². The van der Waals surface area contributed by atoms with E-state index in [-0.39, 0.29) is 10.3 Å². The summed E-state index contributed by atoms with van der Waals surface area (Å²) in [5.41, 5.74) is 0.900. The van der Waals surface area contributed by atoms with Crippen LogP contribution in [0.5, 0.6) is 0 Å². The summed E-state index contributed by atoms with van der Waals surface area (Å²) in [6.07, 6.45) is 5.16. The maximum Gasteiger partial charge on any atom is 0.241 e. The summed E-state index contributed by atoms with van der Waals surface area (Å²) in [7, 11) is -2.01. The molecule has 0 aromatic carbocycles. The maximum absolute atomic E-state index is 11.7. The van der Waals surface area contributed by atoms with Gasteiger partial charge in [0.25, 0.3) is 0 Å². The van der Waals surface area contributed by atoms with Crippen LogP contribution in [0, 0.1) is 0 Å². The van der Waals surface area contributed by atoms with E-state index in [0.29, 0.717) is 0 Å². The van der Waals surface area contributed by atoms with Crippen molar-refractivity contribution in [3.63, 3.8) is 0 Å². The first-order chi connectivity index (χ1) is 7.83. The molecule has 0 saturated carbocycles. The average Bonchev–Trinajstić information content (AvgIpc) is 2.29. The first-order valence-corrected chi connectivity index (χ1v) is 7.21. The van der Waals surface area contributed by atoms with Crippen LogP contribution < -0.4 is 4.72 Å². The fraction of sp³-hybridized carbons (Fsp3) is 0.583. The molecule has 0 fully saturated rings. The van der Waals surface area contributed by atoms with Crippen molar-refractivity contribution in [3.8, 4) is 0 Å². The van der Waals surface area contributed by atoms with Gasteiger partial charge >= 0.3 is 0 Å². The predicted molar refractivity (Wildman–Crippen MR) is 68.4 cm³/mol. The van der Waals surface area contributed by atoms with Crippen LogP contribution in [0.2, 0.25) is 0 Å². The summed E-state index contributed by atoms with van der Waals surface area (Å²) in [5, 5.41) is 0. The topological polar surface area (TPSA) is 59.1 Å². The van der Waals surface area contributed by atoms with Crippen molar-refractivity contribution in [2.75, 3.05) is 7.05 Å². The van der Waals surface area contributed by atoms with E-state index in [1.165, 1.54) is 13.2 Å². The third-order valence-corrected chi connectivity index (χ3v) is 4.33. The molecule has 0 unspecified atom stereocenters. The third-order valence-electron chi connectivity index (χ3n) is 2.95. The smallest absolute Gasteiger partial charge is 0.241 e. The predicted octanol–water partition coefficient (Wildman–Crippen LogP) is 2.07. The molecule has 0 spiro atoms. The zero-order chi connectivity index (χ0) is 13.1. The number of sulfonamides is 1. The van der Waals surface area contributed by atoms with Gasteiger partial charge in [-0.05, 0) is 30.5 Å². The largest absolute Gasteiger partial charge is 0.263 e. The average molecular weight is 256 g/mol. The molecule has 0 bridgehead atoms. The lowest BCUT2D eigenvalue weighted by atomic mass is 9.82. The minimum Gasteiger partial charge on any atom is -0.263 e. The van der Waals surface area contributed by atoms with Gasteiger partial charge in [-0.15, -0.1) is 0 Å². The molecule has 0 aliphatic carbocycles. The second-order valence-electron chi connectivity index (χ2n) is 4.75. The molecule has 4 nitrogen and oxygen atoms in total. The first kappa shape index (κ1) is 14.1. The molecule has 0 aliphatic rings. The molecule has 1 rings (SSSR count). The van der Waals surface area contributed by atoms with E-state index in [9.17, 15) is 8.42 Å². The van der Waals surface area contributed by atoms with Gasteiger partial charge in [-0.25, -0.2) is 13.1 Å². The third kappa shape index (κ3) is 3.26. The summed E-state index contributed by atoms with van der Waals surface area (Å²) in [4.78, 5) is 4.25. The van der Waals surface area contributed by atoms with Crippen LogP contribution in [-0.2, 0) is 15.4 Å². The van der Waals surface area contributed by atoms with Crippen molar-refractivity contribution in [2.45, 2.75) is 43.9 Å². The minimum atomic E-state index is -3.41. The molecule has 0 saturated heterocycles. The number of hydrogen-bond acceptors (Lipinski definition) is 3. The first-order valence-electron chi connectivity index (χ1n) is 5.72. The van der Waals surface area contributed by atoms with Gasteiger partial charge in [0.1, 0.15) is 4.90 Å². The van der Waals surface area contributed by atoms with Crippen molar-refractivity contribution in [1.82, 2.24) is 9.71 Å². The second-order valence-corrected chi connectivity index (χ2v) is 6.64. The van der Waals surface area contributed by atoms with Crippen LogP contribution in [0.3, 0.4) is 0 Å². The SMILES string of the molecule is CCCC(C)(C)c1cncc(S(=O)(=O)NC)c1. The van der Waals surface area contributed by atoms with Gasteiger partial charge in [-0.2, -0.15) is 0 Å². The highest BCUT2D eigenvalue weighted by Gasteiger charge is 2.22. The summed E-state index contributed by atoms with van der Waals surface area (Å²) in [6, 6.07) is 1.70. The van der Waals surface area contributed by atoms with E-state index in [2.05, 4.69) is 30.5 Å². The van der Waals surface area contributed by atoms with E-state index in [1.807, 2.05) is 0 Å². The Morgan fingerprint density at radius 3 is 2.53 bits per heavy atom. The van der Waals surface area contributed by atoms with Gasteiger partial charge < -0.3 is 0 Å². The number of pyridine rings is 1. The second kappa shape index (κ2) is 5.14. The summed E-state index contributed by atoms with van der Waals surface area (Å²) < 4.78 is 25.7. The maximum atomic E-state index is 11.7. The number of rotatable bonds is 5. The van der Waals surface area contributed by atoms with E-state index in [4.69, 9.17) is 0 Å². The zero-order valence-corrected chi connectivity index (χ0v) is 11.6. The van der Waals surface area contributed by atoms with Crippen LogP contribution in [0.25, 0.3) is 0 Å².